The number of ketones is 1. The van der Waals surface area contributed by atoms with Gasteiger partial charge in [-0.05, 0) is 48.5 Å². The van der Waals surface area contributed by atoms with E-state index in [4.69, 9.17) is 33.0 Å². The van der Waals surface area contributed by atoms with E-state index in [1.165, 1.54) is 18.2 Å². The van der Waals surface area contributed by atoms with Crippen LogP contribution < -0.4 is 10.1 Å². The fourth-order valence-corrected chi connectivity index (χ4v) is 4.65. The van der Waals surface area contributed by atoms with Crippen LogP contribution in [-0.2, 0) is 14.6 Å². The molecule has 1 amide bonds. The topological polar surface area (TPSA) is 138 Å². The minimum Gasteiger partial charge on any atom is -0.493 e. The Labute approximate surface area is 222 Å². The van der Waals surface area contributed by atoms with E-state index in [1.54, 1.807) is 36.4 Å². The van der Waals surface area contributed by atoms with E-state index in [1.807, 2.05) is 0 Å². The summed E-state index contributed by atoms with van der Waals surface area (Å²) in [5.74, 6) is 0.155. The van der Waals surface area contributed by atoms with E-state index < -0.39 is 22.4 Å². The van der Waals surface area contributed by atoms with Gasteiger partial charge in [0.05, 0.1) is 38.1 Å². The van der Waals surface area contributed by atoms with Gasteiger partial charge in [-0.25, -0.2) is 13.4 Å². The maximum absolute atomic E-state index is 12.8. The quantitative estimate of drug-likeness (QED) is 0.273. The van der Waals surface area contributed by atoms with Crippen LogP contribution in [0.2, 0.25) is 10.0 Å². The number of aliphatic hydroxyl groups excluding tert-OH is 1. The molecule has 0 unspecified atom stereocenters. The van der Waals surface area contributed by atoms with Gasteiger partial charge in [0.25, 0.3) is 5.91 Å². The number of nitrogens with zero attached hydrogens (tertiary/aromatic N) is 1. The molecule has 9 nitrogen and oxygen atoms in total. The van der Waals surface area contributed by atoms with Crippen LogP contribution in [0.5, 0.6) is 5.75 Å². The summed E-state index contributed by atoms with van der Waals surface area (Å²) in [7, 11) is -3.46. The van der Waals surface area contributed by atoms with E-state index >= 15 is 0 Å². The van der Waals surface area contributed by atoms with E-state index in [0.29, 0.717) is 38.9 Å². The molecule has 4 rings (SSSR count). The zero-order valence-electron chi connectivity index (χ0n) is 19.4. The largest absolute Gasteiger partial charge is 0.493 e. The predicted octanol–water partition coefficient (Wildman–Crippen LogP) is 4.52. The van der Waals surface area contributed by atoms with Crippen molar-refractivity contribution in [1.82, 2.24) is 9.97 Å². The van der Waals surface area contributed by atoms with Crippen LogP contribution in [0.4, 0.5) is 5.69 Å². The van der Waals surface area contributed by atoms with Gasteiger partial charge in [0.15, 0.2) is 15.6 Å². The van der Waals surface area contributed by atoms with Crippen molar-refractivity contribution in [3.8, 4) is 17.1 Å². The lowest BCUT2D eigenvalue weighted by Gasteiger charge is -2.10. The zero-order chi connectivity index (χ0) is 26.7. The van der Waals surface area contributed by atoms with E-state index in [-0.39, 0.29) is 34.3 Å². The Balaban J connectivity index is 1.55. The minimum absolute atomic E-state index is 0.00523. The van der Waals surface area contributed by atoms with E-state index in [2.05, 4.69) is 15.3 Å². The molecule has 12 heteroatoms. The molecule has 0 saturated heterocycles. The Kier molecular flexibility index (Phi) is 7.84. The van der Waals surface area contributed by atoms with Crippen molar-refractivity contribution in [2.75, 3.05) is 24.8 Å². The van der Waals surface area contributed by atoms with Gasteiger partial charge >= 0.3 is 0 Å². The van der Waals surface area contributed by atoms with Crippen LogP contribution in [0, 0.1) is 0 Å². The Bertz CT molecular complexity index is 1620. The Hall–Kier alpha value is -3.44. The van der Waals surface area contributed by atoms with E-state index in [0.717, 1.165) is 6.26 Å². The first-order valence-corrected chi connectivity index (χ1v) is 13.6. The van der Waals surface area contributed by atoms with E-state index in [9.17, 15) is 18.0 Å². The molecule has 0 radical (unpaired) electrons. The maximum Gasteiger partial charge on any atom is 0.257 e. The molecule has 192 valence electrons. The number of sulfone groups is 1. The summed E-state index contributed by atoms with van der Waals surface area (Å²) in [4.78, 5) is 31.8. The molecule has 1 aromatic heterocycles. The number of halogens is 2. The van der Waals surface area contributed by atoms with Crippen LogP contribution in [0.15, 0.2) is 59.5 Å². The Morgan fingerprint density at radius 3 is 2.54 bits per heavy atom. The lowest BCUT2D eigenvalue weighted by Crippen LogP contribution is -2.13. The number of amides is 1. The van der Waals surface area contributed by atoms with Gasteiger partial charge < -0.3 is 20.1 Å². The third kappa shape index (κ3) is 6.28. The molecule has 4 aromatic rings. The number of rotatable bonds is 9. The summed E-state index contributed by atoms with van der Waals surface area (Å²) in [6, 6.07) is 14.0. The number of ether oxygens (including phenoxy) is 1. The van der Waals surface area contributed by atoms with Gasteiger partial charge in [-0.15, -0.1) is 0 Å². The molecule has 0 saturated carbocycles. The number of aromatic nitrogens is 2. The highest BCUT2D eigenvalue weighted by atomic mass is 35.5. The highest BCUT2D eigenvalue weighted by Crippen LogP contribution is 2.32. The van der Waals surface area contributed by atoms with Gasteiger partial charge in [0.1, 0.15) is 18.2 Å². The van der Waals surface area contributed by atoms with Gasteiger partial charge in [-0.1, -0.05) is 23.2 Å². The number of aromatic amines is 1. The molecular formula is C25H21Cl2N3O6S. The summed E-state index contributed by atoms with van der Waals surface area (Å²) in [5.41, 5.74) is 2.39. The lowest BCUT2D eigenvalue weighted by molar-refractivity contribution is -0.122. The molecular weight excluding hydrogens is 541 g/mol. The maximum atomic E-state index is 12.8. The number of nitrogens with one attached hydrogen (secondary N) is 2. The molecule has 0 fully saturated rings. The van der Waals surface area contributed by atoms with Crippen molar-refractivity contribution >= 4 is 61.5 Å². The number of benzene rings is 3. The van der Waals surface area contributed by atoms with Crippen molar-refractivity contribution in [3.63, 3.8) is 0 Å². The van der Waals surface area contributed by atoms with Crippen molar-refractivity contribution in [2.24, 2.45) is 0 Å². The minimum atomic E-state index is -3.46. The first kappa shape index (κ1) is 26.6. The molecule has 0 aliphatic carbocycles. The van der Waals surface area contributed by atoms with Crippen LogP contribution >= 0.6 is 23.2 Å². The number of carbonyl (C=O) groups excluding carboxylic acids is 2. The summed E-state index contributed by atoms with van der Waals surface area (Å²) >= 11 is 12.6. The molecule has 0 bridgehead atoms. The molecule has 0 spiro atoms. The van der Waals surface area contributed by atoms with Gasteiger partial charge in [0.2, 0.25) is 0 Å². The number of anilines is 1. The fourth-order valence-electron chi connectivity index (χ4n) is 3.46. The highest BCUT2D eigenvalue weighted by Gasteiger charge is 2.17. The summed E-state index contributed by atoms with van der Waals surface area (Å²) in [6.45, 7) is -0.379. The van der Waals surface area contributed by atoms with Gasteiger partial charge in [0, 0.05) is 30.0 Å². The number of hydrogen-bond donors (Lipinski definition) is 3. The van der Waals surface area contributed by atoms with Gasteiger partial charge in [-0.3, -0.25) is 9.59 Å². The molecule has 3 aromatic carbocycles. The van der Waals surface area contributed by atoms with Crippen molar-refractivity contribution in [2.45, 2.75) is 11.3 Å². The second kappa shape index (κ2) is 10.9. The van der Waals surface area contributed by atoms with Crippen LogP contribution in [0.1, 0.15) is 16.8 Å². The molecule has 3 N–H and O–H groups in total. The van der Waals surface area contributed by atoms with Gasteiger partial charge in [-0.2, -0.15) is 0 Å². The van der Waals surface area contributed by atoms with Crippen LogP contribution in [-0.4, -0.2) is 54.7 Å². The number of fused-ring (bicyclic) bond motifs is 1. The standard InChI is InChI=1S/C25H21Cl2N3O6S/c1-37(34,35)17-4-5-18(21(27)12-17)25(33)28-14-2-6-20(26)19(10-14)24-29-22-7-3-16(11-23(22)30-24)36-9-8-15(32)13-31/h2-7,10-12,31H,8-9,13H2,1H3,(H,28,33)(H,29,30). The number of H-pyrrole nitrogens is 1. The van der Waals surface area contributed by atoms with Crippen molar-refractivity contribution < 1.29 is 27.9 Å². The Morgan fingerprint density at radius 2 is 1.84 bits per heavy atom. The SMILES string of the molecule is CS(=O)(=O)c1ccc(C(=O)Nc2ccc(Cl)c(-c3nc4ccc(OCCC(=O)CO)cc4[nH]3)c2)c(Cl)c1. The number of hydrogen-bond acceptors (Lipinski definition) is 7. The third-order valence-electron chi connectivity index (χ3n) is 5.37. The number of imidazole rings is 1. The second-order valence-electron chi connectivity index (χ2n) is 8.12. The smallest absolute Gasteiger partial charge is 0.257 e. The van der Waals surface area contributed by atoms with Crippen molar-refractivity contribution in [1.29, 1.82) is 0 Å². The number of carbonyl (C=O) groups is 2. The average molecular weight is 562 g/mol. The molecule has 1 heterocycles. The first-order valence-electron chi connectivity index (χ1n) is 10.9. The monoisotopic (exact) mass is 561 g/mol. The third-order valence-corrected chi connectivity index (χ3v) is 7.12. The fraction of sp³-hybridized carbons (Fsp3) is 0.160. The zero-order valence-corrected chi connectivity index (χ0v) is 21.7. The molecule has 0 aliphatic rings. The molecule has 37 heavy (non-hydrogen) atoms. The highest BCUT2D eigenvalue weighted by molar-refractivity contribution is 7.90. The first-order chi connectivity index (χ1) is 17.5. The van der Waals surface area contributed by atoms with Crippen LogP contribution in [0.25, 0.3) is 22.4 Å². The predicted molar refractivity (Wildman–Crippen MR) is 141 cm³/mol. The second-order valence-corrected chi connectivity index (χ2v) is 11.0. The summed E-state index contributed by atoms with van der Waals surface area (Å²) in [6.07, 6.45) is 1.16. The lowest BCUT2D eigenvalue weighted by atomic mass is 10.1. The van der Waals surface area contributed by atoms with Crippen molar-refractivity contribution in [3.05, 3.63) is 70.2 Å². The number of aliphatic hydroxyl groups is 1. The summed E-state index contributed by atoms with van der Waals surface area (Å²) in [5, 5.41) is 11.9. The normalized spacial score (nSPS) is 11.5. The summed E-state index contributed by atoms with van der Waals surface area (Å²) < 4.78 is 29.0. The number of Topliss-reactive ketones (excluding diaryl/α,β-unsaturated/α-hetero) is 1. The molecule has 0 atom stereocenters. The average Bonchev–Trinajstić information content (AvgIpc) is 3.27. The molecule has 0 aliphatic heterocycles. The Morgan fingerprint density at radius 1 is 1.05 bits per heavy atom. The van der Waals surface area contributed by atoms with Crippen LogP contribution in [0.3, 0.4) is 0 Å².